The lowest BCUT2D eigenvalue weighted by atomic mass is 10.1. The Balaban J connectivity index is 1.52. The maximum Gasteiger partial charge on any atom is 0.291 e. The number of aryl methyl sites for hydroxylation is 1. The van der Waals surface area contributed by atoms with Crippen LogP contribution in [-0.4, -0.2) is 24.3 Å². The van der Waals surface area contributed by atoms with Crippen molar-refractivity contribution in [2.75, 3.05) is 10.0 Å². The quantitative estimate of drug-likeness (QED) is 0.433. The van der Waals surface area contributed by atoms with Gasteiger partial charge in [0.05, 0.1) is 4.90 Å². The van der Waals surface area contributed by atoms with Gasteiger partial charge in [-0.1, -0.05) is 15.9 Å². The number of rotatable bonds is 5. The molecule has 4 rings (SSSR count). The first-order valence-corrected chi connectivity index (χ1v) is 11.0. The van der Waals surface area contributed by atoms with Gasteiger partial charge in [0.25, 0.3) is 15.9 Å². The van der Waals surface area contributed by atoms with E-state index in [1.54, 1.807) is 19.1 Å². The molecule has 0 saturated heterocycles. The summed E-state index contributed by atoms with van der Waals surface area (Å²) in [5.41, 5.74) is 1.75. The molecular formula is C20H15BrN4O4S. The van der Waals surface area contributed by atoms with E-state index in [2.05, 4.69) is 35.9 Å². The van der Waals surface area contributed by atoms with Gasteiger partial charge in [-0.2, -0.15) is 0 Å². The summed E-state index contributed by atoms with van der Waals surface area (Å²) in [5, 5.41) is 3.56. The molecule has 2 N–H and O–H groups in total. The van der Waals surface area contributed by atoms with Crippen molar-refractivity contribution >= 4 is 54.5 Å². The van der Waals surface area contributed by atoms with E-state index in [1.165, 1.54) is 36.7 Å². The van der Waals surface area contributed by atoms with E-state index in [-0.39, 0.29) is 16.6 Å². The lowest BCUT2D eigenvalue weighted by molar-refractivity contribution is 0.0998. The molecular weight excluding hydrogens is 472 g/mol. The van der Waals surface area contributed by atoms with Crippen molar-refractivity contribution in [3.63, 3.8) is 0 Å². The smallest absolute Gasteiger partial charge is 0.291 e. The van der Waals surface area contributed by atoms with Crippen LogP contribution in [0, 0.1) is 6.92 Å². The lowest BCUT2D eigenvalue weighted by Gasteiger charge is -2.08. The molecule has 0 aliphatic rings. The van der Waals surface area contributed by atoms with Crippen LogP contribution in [0.4, 0.5) is 11.6 Å². The van der Waals surface area contributed by atoms with Crippen LogP contribution in [-0.2, 0) is 10.0 Å². The number of nitrogens with zero attached hydrogens (tertiary/aromatic N) is 2. The Morgan fingerprint density at radius 2 is 1.77 bits per heavy atom. The van der Waals surface area contributed by atoms with Gasteiger partial charge in [0.15, 0.2) is 5.76 Å². The summed E-state index contributed by atoms with van der Waals surface area (Å²) in [4.78, 5) is 20.3. The second-order valence-corrected chi connectivity index (χ2v) is 8.95. The van der Waals surface area contributed by atoms with Crippen molar-refractivity contribution in [2.45, 2.75) is 11.8 Å². The first-order valence-electron chi connectivity index (χ1n) is 8.73. The molecule has 0 spiro atoms. The average molecular weight is 487 g/mol. The minimum atomic E-state index is -3.85. The summed E-state index contributed by atoms with van der Waals surface area (Å²) < 4.78 is 33.7. The van der Waals surface area contributed by atoms with Crippen LogP contribution in [0.5, 0.6) is 0 Å². The zero-order valence-corrected chi connectivity index (χ0v) is 18.0. The first kappa shape index (κ1) is 20.0. The number of benzene rings is 2. The highest BCUT2D eigenvalue weighted by molar-refractivity contribution is 9.10. The highest BCUT2D eigenvalue weighted by Gasteiger charge is 2.19. The number of hydrogen-bond acceptors (Lipinski definition) is 6. The summed E-state index contributed by atoms with van der Waals surface area (Å²) in [7, 11) is -3.85. The van der Waals surface area contributed by atoms with Gasteiger partial charge in [-0.25, -0.2) is 23.1 Å². The highest BCUT2D eigenvalue weighted by atomic mass is 79.9. The number of furan rings is 1. The third-order valence-electron chi connectivity index (χ3n) is 4.32. The number of sulfonamides is 1. The average Bonchev–Trinajstić information content (AvgIpc) is 3.05. The van der Waals surface area contributed by atoms with E-state index < -0.39 is 15.9 Å². The third kappa shape index (κ3) is 4.05. The Kier molecular flexibility index (Phi) is 5.27. The first-order chi connectivity index (χ1) is 14.3. The van der Waals surface area contributed by atoms with Crippen LogP contribution < -0.4 is 10.0 Å². The van der Waals surface area contributed by atoms with Gasteiger partial charge in [-0.3, -0.25) is 4.79 Å². The van der Waals surface area contributed by atoms with Crippen LogP contribution in [0.2, 0.25) is 0 Å². The van der Waals surface area contributed by atoms with Gasteiger partial charge in [-0.05, 0) is 55.5 Å². The van der Waals surface area contributed by atoms with Crippen molar-refractivity contribution in [2.24, 2.45) is 0 Å². The summed E-state index contributed by atoms with van der Waals surface area (Å²) in [5.74, 6) is -0.254. The number of hydrogen-bond donors (Lipinski definition) is 2. The summed E-state index contributed by atoms with van der Waals surface area (Å²) in [6.07, 6.45) is 2.87. The van der Waals surface area contributed by atoms with Crippen molar-refractivity contribution in [1.82, 2.24) is 9.97 Å². The Morgan fingerprint density at radius 3 is 2.47 bits per heavy atom. The summed E-state index contributed by atoms with van der Waals surface area (Å²) in [6, 6.07) is 12.8. The predicted molar refractivity (Wildman–Crippen MR) is 116 cm³/mol. The lowest BCUT2D eigenvalue weighted by Crippen LogP contribution is -2.15. The molecule has 0 atom stereocenters. The molecule has 0 aliphatic heterocycles. The monoisotopic (exact) mass is 486 g/mol. The van der Waals surface area contributed by atoms with Gasteiger partial charge in [0, 0.05) is 33.5 Å². The van der Waals surface area contributed by atoms with E-state index in [0.717, 1.165) is 15.4 Å². The van der Waals surface area contributed by atoms with Crippen LogP contribution >= 0.6 is 15.9 Å². The normalized spacial score (nSPS) is 11.4. The number of halogens is 1. The Hall–Kier alpha value is -3.24. The van der Waals surface area contributed by atoms with Crippen LogP contribution in [0.3, 0.4) is 0 Å². The molecule has 0 radical (unpaired) electrons. The number of carbonyl (C=O) groups excluding carboxylic acids is 1. The van der Waals surface area contributed by atoms with Gasteiger partial charge < -0.3 is 9.73 Å². The van der Waals surface area contributed by atoms with E-state index in [1.807, 2.05) is 12.1 Å². The maximum absolute atomic E-state index is 12.6. The summed E-state index contributed by atoms with van der Waals surface area (Å²) >= 11 is 3.41. The number of anilines is 2. The molecule has 0 bridgehead atoms. The van der Waals surface area contributed by atoms with E-state index >= 15 is 0 Å². The molecule has 0 saturated carbocycles. The molecule has 0 fully saturated rings. The molecule has 2 heterocycles. The Morgan fingerprint density at radius 1 is 1.07 bits per heavy atom. The zero-order chi connectivity index (χ0) is 21.3. The highest BCUT2D eigenvalue weighted by Crippen LogP contribution is 2.28. The Bertz CT molecular complexity index is 1340. The van der Waals surface area contributed by atoms with Crippen LogP contribution in [0.25, 0.3) is 11.0 Å². The SMILES string of the molecule is Cc1c(C(=O)Nc2ccc(S(=O)(=O)Nc3ncccn3)cc2)oc2ccc(Br)cc12. The van der Waals surface area contributed by atoms with E-state index in [0.29, 0.717) is 11.3 Å². The van der Waals surface area contributed by atoms with Gasteiger partial charge in [0.2, 0.25) is 5.95 Å². The topological polar surface area (TPSA) is 114 Å². The van der Waals surface area contributed by atoms with Gasteiger partial charge in [-0.15, -0.1) is 0 Å². The zero-order valence-electron chi connectivity index (χ0n) is 15.6. The number of aromatic nitrogens is 2. The van der Waals surface area contributed by atoms with E-state index in [4.69, 9.17) is 4.42 Å². The number of amides is 1. The minimum Gasteiger partial charge on any atom is -0.451 e. The molecule has 10 heteroatoms. The predicted octanol–water partition coefficient (Wildman–Crippen LogP) is 4.35. The molecule has 2 aromatic heterocycles. The summed E-state index contributed by atoms with van der Waals surface area (Å²) in [6.45, 7) is 1.81. The fraction of sp³-hybridized carbons (Fsp3) is 0.0500. The third-order valence-corrected chi connectivity index (χ3v) is 6.16. The molecule has 8 nitrogen and oxygen atoms in total. The van der Waals surface area contributed by atoms with Gasteiger partial charge in [0.1, 0.15) is 5.58 Å². The molecule has 152 valence electrons. The second kappa shape index (κ2) is 7.88. The van der Waals surface area contributed by atoms with Gasteiger partial charge >= 0.3 is 0 Å². The maximum atomic E-state index is 12.6. The van der Waals surface area contributed by atoms with Crippen LogP contribution in [0.15, 0.2) is 74.7 Å². The van der Waals surface area contributed by atoms with Crippen molar-refractivity contribution in [3.8, 4) is 0 Å². The fourth-order valence-electron chi connectivity index (χ4n) is 2.85. The molecule has 0 aliphatic carbocycles. The minimum absolute atomic E-state index is 0.0118. The second-order valence-electron chi connectivity index (χ2n) is 6.35. The standard InChI is InChI=1S/C20H15BrN4O4S/c1-12-16-11-13(21)3-8-17(16)29-18(12)19(26)24-14-4-6-15(7-5-14)30(27,28)25-20-22-9-2-10-23-20/h2-11H,1H3,(H,24,26)(H,22,23,25). The van der Waals surface area contributed by atoms with Crippen molar-refractivity contribution in [3.05, 3.63) is 76.7 Å². The molecule has 0 unspecified atom stereocenters. The number of carbonyl (C=O) groups is 1. The van der Waals surface area contributed by atoms with Crippen molar-refractivity contribution < 1.29 is 17.6 Å². The van der Waals surface area contributed by atoms with Crippen LogP contribution in [0.1, 0.15) is 16.1 Å². The number of fused-ring (bicyclic) bond motifs is 1. The largest absolute Gasteiger partial charge is 0.451 e. The van der Waals surface area contributed by atoms with E-state index in [9.17, 15) is 13.2 Å². The molecule has 30 heavy (non-hydrogen) atoms. The van der Waals surface area contributed by atoms with Crippen molar-refractivity contribution in [1.29, 1.82) is 0 Å². The fourth-order valence-corrected chi connectivity index (χ4v) is 4.16. The molecule has 1 amide bonds. The molecule has 2 aromatic carbocycles. The Labute approximate surface area is 180 Å². The molecule has 4 aromatic rings. The number of nitrogens with one attached hydrogen (secondary N) is 2.